The lowest BCUT2D eigenvalue weighted by Gasteiger charge is -2.34. The number of hydrogen-bond donors (Lipinski definition) is 3. The van der Waals surface area contributed by atoms with Gasteiger partial charge in [-0.2, -0.15) is 5.10 Å². The number of carbonyl (C=O) groups excluding carboxylic acids is 2. The Hall–Kier alpha value is -3.07. The third kappa shape index (κ3) is 4.42. The molecule has 1 aromatic carbocycles. The molecule has 5 rings (SSSR count). The van der Waals surface area contributed by atoms with Gasteiger partial charge in [-0.1, -0.05) is 19.1 Å². The number of fused-ring (bicyclic) bond motifs is 1. The summed E-state index contributed by atoms with van der Waals surface area (Å²) in [7, 11) is 0. The van der Waals surface area contributed by atoms with Gasteiger partial charge in [-0.25, -0.2) is 4.68 Å². The van der Waals surface area contributed by atoms with Crippen LogP contribution in [0, 0.1) is 5.92 Å². The normalized spacial score (nSPS) is 25.7. The Morgan fingerprint density at radius 2 is 2.12 bits per heavy atom. The van der Waals surface area contributed by atoms with E-state index >= 15 is 0 Å². The van der Waals surface area contributed by atoms with Crippen LogP contribution in [0.4, 0.5) is 5.82 Å². The highest BCUT2D eigenvalue weighted by Gasteiger charge is 2.35. The quantitative estimate of drug-likeness (QED) is 0.621. The van der Waals surface area contributed by atoms with Gasteiger partial charge >= 0.3 is 0 Å². The van der Waals surface area contributed by atoms with Gasteiger partial charge in [-0.3, -0.25) is 14.9 Å². The zero-order chi connectivity index (χ0) is 23.3. The van der Waals surface area contributed by atoms with E-state index in [2.05, 4.69) is 21.0 Å². The highest BCUT2D eigenvalue weighted by atomic mass is 16.5. The second-order valence-electron chi connectivity index (χ2n) is 9.95. The first-order valence-corrected chi connectivity index (χ1v) is 11.6. The van der Waals surface area contributed by atoms with Crippen molar-refractivity contribution in [3.05, 3.63) is 35.5 Å². The van der Waals surface area contributed by atoms with E-state index in [9.17, 15) is 9.59 Å². The van der Waals surface area contributed by atoms with E-state index in [1.807, 2.05) is 52.0 Å². The van der Waals surface area contributed by atoms with Crippen LogP contribution in [-0.4, -0.2) is 39.8 Å². The second kappa shape index (κ2) is 8.06. The zero-order valence-corrected chi connectivity index (χ0v) is 19.5. The molecule has 2 aliphatic heterocycles. The number of nitrogens with zero attached hydrogens (tertiary/aromatic N) is 2. The first-order chi connectivity index (χ1) is 15.7. The van der Waals surface area contributed by atoms with Crippen molar-refractivity contribution < 1.29 is 19.1 Å². The van der Waals surface area contributed by atoms with Crippen LogP contribution in [0.25, 0.3) is 0 Å². The predicted molar refractivity (Wildman–Crippen MR) is 122 cm³/mol. The minimum Gasteiger partial charge on any atom is -0.483 e. The van der Waals surface area contributed by atoms with Crippen molar-refractivity contribution in [2.24, 2.45) is 5.92 Å². The summed E-state index contributed by atoms with van der Waals surface area (Å²) < 4.78 is 13.5. The SMILES string of the molecule is CC1NC(n2nc(C3CC3)cc2NC(=O)COc2cccc3c2OC(C)(C)C3)NC(=O)C1C. The van der Waals surface area contributed by atoms with Crippen LogP contribution in [0.15, 0.2) is 24.3 Å². The summed E-state index contributed by atoms with van der Waals surface area (Å²) >= 11 is 0. The van der Waals surface area contributed by atoms with Crippen LogP contribution in [0.5, 0.6) is 11.5 Å². The average Bonchev–Trinajstić information content (AvgIpc) is 3.44. The summed E-state index contributed by atoms with van der Waals surface area (Å²) in [4.78, 5) is 25.2. The average molecular weight is 454 g/mol. The van der Waals surface area contributed by atoms with Crippen molar-refractivity contribution >= 4 is 17.6 Å². The van der Waals surface area contributed by atoms with Gasteiger partial charge in [0.1, 0.15) is 11.4 Å². The van der Waals surface area contributed by atoms with Crippen molar-refractivity contribution in [1.82, 2.24) is 20.4 Å². The van der Waals surface area contributed by atoms with Crippen LogP contribution >= 0.6 is 0 Å². The van der Waals surface area contributed by atoms with E-state index in [1.54, 1.807) is 4.68 Å². The number of benzene rings is 1. The lowest BCUT2D eigenvalue weighted by Crippen LogP contribution is -2.57. The number of anilines is 1. The minimum atomic E-state index is -0.527. The lowest BCUT2D eigenvalue weighted by molar-refractivity contribution is -0.130. The molecule has 9 nitrogen and oxygen atoms in total. The Morgan fingerprint density at radius 3 is 2.85 bits per heavy atom. The third-order valence-corrected chi connectivity index (χ3v) is 6.54. The van der Waals surface area contributed by atoms with Gasteiger partial charge in [-0.05, 0) is 39.7 Å². The van der Waals surface area contributed by atoms with Crippen molar-refractivity contribution in [3.63, 3.8) is 0 Å². The van der Waals surface area contributed by atoms with Gasteiger partial charge in [0.15, 0.2) is 24.4 Å². The number of carbonyl (C=O) groups is 2. The molecule has 9 heteroatoms. The van der Waals surface area contributed by atoms with Gasteiger partial charge in [-0.15, -0.1) is 0 Å². The molecule has 33 heavy (non-hydrogen) atoms. The van der Waals surface area contributed by atoms with Crippen molar-refractivity contribution in [1.29, 1.82) is 0 Å². The highest BCUT2D eigenvalue weighted by Crippen LogP contribution is 2.42. The molecule has 1 aliphatic carbocycles. The molecule has 3 atom stereocenters. The van der Waals surface area contributed by atoms with Crippen molar-refractivity contribution in [3.8, 4) is 11.5 Å². The number of nitrogens with one attached hydrogen (secondary N) is 3. The van der Waals surface area contributed by atoms with Gasteiger partial charge < -0.3 is 20.1 Å². The largest absolute Gasteiger partial charge is 0.483 e. The highest BCUT2D eigenvalue weighted by molar-refractivity contribution is 5.91. The minimum absolute atomic E-state index is 0.0198. The second-order valence-corrected chi connectivity index (χ2v) is 9.95. The summed E-state index contributed by atoms with van der Waals surface area (Å²) in [6.07, 6.45) is 2.44. The zero-order valence-electron chi connectivity index (χ0n) is 19.5. The van der Waals surface area contributed by atoms with E-state index in [1.165, 1.54) is 0 Å². The standard InChI is InChI=1S/C24H31N5O4/c1-13-14(2)25-23(27-22(13)31)29-19(10-17(28-29)15-8-9-15)26-20(30)12-32-18-7-5-6-16-11-24(3,4)33-21(16)18/h5-7,10,13-15,23,25H,8-9,11-12H2,1-4H3,(H,26,30)(H,27,31). The molecule has 0 spiro atoms. The fourth-order valence-corrected chi connectivity index (χ4v) is 4.37. The van der Waals surface area contributed by atoms with E-state index in [0.29, 0.717) is 23.2 Å². The molecule has 1 saturated heterocycles. The lowest BCUT2D eigenvalue weighted by atomic mass is 10.0. The molecule has 3 N–H and O–H groups in total. The Bertz CT molecular complexity index is 1090. The Kier molecular flexibility index (Phi) is 5.31. The van der Waals surface area contributed by atoms with Crippen LogP contribution in [0.1, 0.15) is 64.0 Å². The number of ether oxygens (including phenoxy) is 2. The van der Waals surface area contributed by atoms with E-state index in [0.717, 1.165) is 30.5 Å². The molecule has 2 amide bonds. The first kappa shape index (κ1) is 21.8. The fraction of sp³-hybridized carbons (Fsp3) is 0.542. The maximum absolute atomic E-state index is 12.8. The maximum atomic E-state index is 12.8. The third-order valence-electron chi connectivity index (χ3n) is 6.54. The van der Waals surface area contributed by atoms with Crippen molar-refractivity contribution in [2.75, 3.05) is 11.9 Å². The van der Waals surface area contributed by atoms with E-state index in [4.69, 9.17) is 9.47 Å². The van der Waals surface area contributed by atoms with E-state index in [-0.39, 0.29) is 36.0 Å². The molecule has 3 aliphatic rings. The van der Waals surface area contributed by atoms with Crippen LogP contribution in [0.3, 0.4) is 0 Å². The molecule has 0 radical (unpaired) electrons. The molecule has 1 saturated carbocycles. The van der Waals surface area contributed by atoms with Gasteiger partial charge in [0.2, 0.25) is 5.91 Å². The molecule has 3 unspecified atom stereocenters. The Labute approximate surface area is 193 Å². The summed E-state index contributed by atoms with van der Waals surface area (Å²) in [6.45, 7) is 7.74. The van der Waals surface area contributed by atoms with Gasteiger partial charge in [0.05, 0.1) is 11.6 Å². The van der Waals surface area contributed by atoms with Gasteiger partial charge in [0, 0.05) is 30.0 Å². The molecule has 2 aromatic rings. The predicted octanol–water partition coefficient (Wildman–Crippen LogP) is 2.69. The molecular weight excluding hydrogens is 422 g/mol. The summed E-state index contributed by atoms with van der Waals surface area (Å²) in [5.74, 6) is 1.69. The van der Waals surface area contributed by atoms with Crippen LogP contribution in [-0.2, 0) is 16.0 Å². The molecule has 0 bridgehead atoms. The van der Waals surface area contributed by atoms with Crippen LogP contribution in [0.2, 0.25) is 0 Å². The number of amides is 2. The number of aromatic nitrogens is 2. The van der Waals surface area contributed by atoms with Crippen LogP contribution < -0.4 is 25.4 Å². The molecule has 176 valence electrons. The first-order valence-electron chi connectivity index (χ1n) is 11.6. The maximum Gasteiger partial charge on any atom is 0.263 e. The molecule has 1 aromatic heterocycles. The molecular formula is C24H31N5O4. The molecule has 2 fully saturated rings. The van der Waals surface area contributed by atoms with Crippen molar-refractivity contribution in [2.45, 2.75) is 70.8 Å². The fourth-order valence-electron chi connectivity index (χ4n) is 4.37. The topological polar surface area (TPSA) is 107 Å². The van der Waals surface area contributed by atoms with Gasteiger partial charge in [0.25, 0.3) is 5.91 Å². The summed E-state index contributed by atoms with van der Waals surface area (Å²) in [5.41, 5.74) is 1.71. The summed E-state index contributed by atoms with van der Waals surface area (Å²) in [6, 6.07) is 7.61. The summed E-state index contributed by atoms with van der Waals surface area (Å²) in [5, 5.41) is 13.9. The smallest absolute Gasteiger partial charge is 0.263 e. The molecule has 3 heterocycles. The number of hydrogen-bond acceptors (Lipinski definition) is 6. The number of rotatable bonds is 6. The van der Waals surface area contributed by atoms with E-state index < -0.39 is 6.29 Å². The monoisotopic (exact) mass is 453 g/mol. The number of para-hydroxylation sites is 1. The Balaban J connectivity index is 1.29. The Morgan fingerprint density at radius 1 is 1.33 bits per heavy atom.